The van der Waals surface area contributed by atoms with Gasteiger partial charge in [-0.25, -0.2) is 0 Å². The minimum atomic E-state index is -1.24. The van der Waals surface area contributed by atoms with Crippen LogP contribution in [0.25, 0.3) is 0 Å². The van der Waals surface area contributed by atoms with Gasteiger partial charge in [0.05, 0.1) is 0 Å². The Balaban J connectivity index is 3.71. The van der Waals surface area contributed by atoms with Gasteiger partial charge in [0.25, 0.3) is 0 Å². The molecule has 0 fully saturated rings. The van der Waals surface area contributed by atoms with Gasteiger partial charge < -0.3 is 4.12 Å². The van der Waals surface area contributed by atoms with E-state index in [-0.39, 0.29) is 8.80 Å². The Kier molecular flexibility index (Phi) is 5.64. The molecule has 0 saturated carbocycles. The molecule has 73 valence electrons. The summed E-state index contributed by atoms with van der Waals surface area (Å²) in [4.78, 5) is 0. The molecule has 1 nitrogen and oxygen atoms in total. The van der Waals surface area contributed by atoms with Crippen LogP contribution in [0.3, 0.4) is 0 Å². The van der Waals surface area contributed by atoms with E-state index in [1.165, 1.54) is 12.1 Å². The molecule has 0 amide bonds. The van der Waals surface area contributed by atoms with Gasteiger partial charge >= 0.3 is 0 Å². The Morgan fingerprint density at radius 3 is 2.08 bits per heavy atom. The van der Waals surface area contributed by atoms with Crippen LogP contribution in [0.4, 0.5) is 0 Å². The highest BCUT2D eigenvalue weighted by molar-refractivity contribution is 6.78. The minimum Gasteiger partial charge on any atom is -0.458 e. The summed E-state index contributed by atoms with van der Waals surface area (Å²) in [5, 5.41) is 0. The molecule has 0 aromatic heterocycles. The summed E-state index contributed by atoms with van der Waals surface area (Å²) in [6.07, 6.45) is 0. The molecule has 0 heterocycles. The third-order valence-electron chi connectivity index (χ3n) is 1.78. The van der Waals surface area contributed by atoms with E-state index < -0.39 is 17.4 Å². The predicted octanol–water partition coefficient (Wildman–Crippen LogP) is 2.95. The third-order valence-corrected chi connectivity index (χ3v) is 9.42. The first-order chi connectivity index (χ1) is 5.33. The van der Waals surface area contributed by atoms with Crippen molar-refractivity contribution in [3.05, 3.63) is 0 Å². The number of hydrogen-bond donors (Lipinski definition) is 0. The maximum absolute atomic E-state index is 6.08. The summed E-state index contributed by atoms with van der Waals surface area (Å²) in [5.41, 5.74) is 0. The Hall–Kier alpha value is 0.611. The minimum absolute atomic E-state index is 0.0326. The van der Waals surface area contributed by atoms with Crippen LogP contribution in [0.15, 0.2) is 0 Å². The summed E-state index contributed by atoms with van der Waals surface area (Å²) in [6.45, 7) is 14.1. The van der Waals surface area contributed by atoms with E-state index in [2.05, 4.69) is 39.3 Å². The first-order valence-electron chi connectivity index (χ1n) is 4.80. The second-order valence-corrected chi connectivity index (χ2v) is 14.6. The van der Waals surface area contributed by atoms with Gasteiger partial charge in [-0.3, -0.25) is 0 Å². The van der Waals surface area contributed by atoms with Crippen molar-refractivity contribution in [1.29, 1.82) is 0 Å². The van der Waals surface area contributed by atoms with Crippen molar-refractivity contribution < 1.29 is 4.12 Å². The lowest BCUT2D eigenvalue weighted by Gasteiger charge is -2.26. The molecule has 0 aromatic carbocycles. The van der Waals surface area contributed by atoms with Crippen LogP contribution in [0.1, 0.15) is 0 Å². The van der Waals surface area contributed by atoms with Gasteiger partial charge in [-0.05, 0) is 32.2 Å². The van der Waals surface area contributed by atoms with Crippen molar-refractivity contribution in [2.45, 2.75) is 51.4 Å². The van der Waals surface area contributed by atoms with Crippen LogP contribution in [0.5, 0.6) is 0 Å². The lowest BCUT2D eigenvalue weighted by molar-refractivity contribution is 0.573. The quantitative estimate of drug-likeness (QED) is 0.646. The number of hydrogen-bond acceptors (Lipinski definition) is 1. The molecule has 0 saturated heterocycles. The van der Waals surface area contributed by atoms with Crippen LogP contribution >= 0.6 is 0 Å². The van der Waals surface area contributed by atoms with Gasteiger partial charge in [-0.15, -0.1) is 0 Å². The molecular formula is C8H23OSi3. The maximum Gasteiger partial charge on any atom is 0.172 e. The predicted molar refractivity (Wildman–Crippen MR) is 64.5 cm³/mol. The molecule has 0 rings (SSSR count). The zero-order chi connectivity index (χ0) is 9.78. The maximum atomic E-state index is 6.08. The molecule has 1 radical (unpaired) electrons. The third kappa shape index (κ3) is 7.27. The van der Waals surface area contributed by atoms with E-state index in [1.807, 2.05) is 0 Å². The summed E-state index contributed by atoms with van der Waals surface area (Å²) >= 11 is 0. The highest BCUT2D eigenvalue weighted by atomic mass is 28.4. The molecule has 0 aliphatic rings. The van der Waals surface area contributed by atoms with Gasteiger partial charge in [0, 0.05) is 8.80 Å². The van der Waals surface area contributed by atoms with E-state index in [9.17, 15) is 0 Å². The summed E-state index contributed by atoms with van der Waals surface area (Å²) < 4.78 is 6.08. The van der Waals surface area contributed by atoms with E-state index >= 15 is 0 Å². The van der Waals surface area contributed by atoms with Crippen LogP contribution in [0.2, 0.25) is 51.4 Å². The molecular weight excluding hydrogens is 196 g/mol. The van der Waals surface area contributed by atoms with Crippen molar-refractivity contribution in [2.24, 2.45) is 0 Å². The fourth-order valence-electron chi connectivity index (χ4n) is 1.25. The first-order valence-corrected chi connectivity index (χ1v) is 13.4. The van der Waals surface area contributed by atoms with E-state index in [0.717, 1.165) is 0 Å². The molecule has 0 spiro atoms. The highest BCUT2D eigenvalue weighted by Gasteiger charge is 2.23. The zero-order valence-electron chi connectivity index (χ0n) is 9.40. The monoisotopic (exact) mass is 219 g/mol. The second-order valence-electron chi connectivity index (χ2n) is 4.63. The van der Waals surface area contributed by atoms with Crippen LogP contribution in [-0.2, 0) is 4.12 Å². The molecule has 0 aliphatic heterocycles. The Labute approximate surface area is 82.0 Å². The van der Waals surface area contributed by atoms with Gasteiger partial charge in [0.1, 0.15) is 0 Å². The Morgan fingerprint density at radius 1 is 1.25 bits per heavy atom. The van der Waals surface area contributed by atoms with E-state index in [4.69, 9.17) is 4.12 Å². The van der Waals surface area contributed by atoms with Crippen LogP contribution < -0.4 is 0 Å². The lowest BCUT2D eigenvalue weighted by Crippen LogP contribution is -2.35. The molecule has 0 N–H and O–H groups in total. The van der Waals surface area contributed by atoms with Crippen molar-refractivity contribution in [3.63, 3.8) is 0 Å². The molecule has 0 atom stereocenters. The molecule has 0 bridgehead atoms. The average Bonchev–Trinajstić information content (AvgIpc) is 1.81. The van der Waals surface area contributed by atoms with Crippen LogP contribution in [-0.4, -0.2) is 26.2 Å². The van der Waals surface area contributed by atoms with Gasteiger partial charge in [0.15, 0.2) is 17.4 Å². The Bertz CT molecular complexity index is 123. The fraction of sp³-hybridized carbons (Fsp3) is 1.00. The summed E-state index contributed by atoms with van der Waals surface area (Å²) in [6, 6.07) is 2.81. The van der Waals surface area contributed by atoms with Crippen molar-refractivity contribution in [1.82, 2.24) is 0 Å². The highest BCUT2D eigenvalue weighted by Crippen LogP contribution is 2.16. The zero-order valence-corrected chi connectivity index (χ0v) is 12.6. The lowest BCUT2D eigenvalue weighted by atomic mass is 10.9. The second kappa shape index (κ2) is 5.36. The molecule has 0 aromatic rings. The van der Waals surface area contributed by atoms with Crippen molar-refractivity contribution in [2.75, 3.05) is 0 Å². The van der Waals surface area contributed by atoms with Gasteiger partial charge in [-0.1, -0.05) is 19.1 Å². The molecule has 0 unspecified atom stereocenters. The fourth-order valence-corrected chi connectivity index (χ4v) is 11.2. The largest absolute Gasteiger partial charge is 0.458 e. The van der Waals surface area contributed by atoms with E-state index in [0.29, 0.717) is 0 Å². The number of rotatable bonds is 5. The first kappa shape index (κ1) is 12.6. The summed E-state index contributed by atoms with van der Waals surface area (Å²) in [5.74, 6) is 0. The van der Waals surface area contributed by atoms with Crippen molar-refractivity contribution >= 4 is 26.2 Å². The Morgan fingerprint density at radius 2 is 1.75 bits per heavy atom. The molecule has 0 aliphatic carbocycles. The SMILES string of the molecule is C[Si](C)CC[Si](C)(C)O[SiH](C)C. The standard InChI is InChI=1S/C8H23OSi3/c1-10(2)7-8-12(5,6)9-11(3)4/h11H,7-8H2,1-6H3. The average molecular weight is 220 g/mol. The molecule has 12 heavy (non-hydrogen) atoms. The van der Waals surface area contributed by atoms with E-state index in [1.54, 1.807) is 0 Å². The van der Waals surface area contributed by atoms with Gasteiger partial charge in [-0.2, -0.15) is 0 Å². The van der Waals surface area contributed by atoms with Crippen LogP contribution in [0, 0.1) is 0 Å². The normalized spacial score (nSPS) is 13.0. The summed E-state index contributed by atoms with van der Waals surface area (Å²) in [7, 11) is -2.06. The topological polar surface area (TPSA) is 9.23 Å². The van der Waals surface area contributed by atoms with Crippen molar-refractivity contribution in [3.8, 4) is 0 Å². The smallest absolute Gasteiger partial charge is 0.172 e. The van der Waals surface area contributed by atoms with Gasteiger partial charge in [0.2, 0.25) is 0 Å². The molecule has 4 heteroatoms.